The first-order valence-corrected chi connectivity index (χ1v) is 8.26. The molecular weight excluding hydrogens is 290 g/mol. The normalized spacial score (nSPS) is 13.6. The Morgan fingerprint density at radius 3 is 2.74 bits per heavy atom. The van der Waals surface area contributed by atoms with Crippen LogP contribution in [0, 0.1) is 11.3 Å². The number of rotatable bonds is 4. The highest BCUT2D eigenvalue weighted by Gasteiger charge is 2.17. The van der Waals surface area contributed by atoms with Gasteiger partial charge in [0.05, 0.1) is 17.9 Å². The van der Waals surface area contributed by atoms with E-state index >= 15 is 0 Å². The summed E-state index contributed by atoms with van der Waals surface area (Å²) >= 11 is 0. The molecule has 0 amide bonds. The maximum atomic E-state index is 12.5. The summed E-state index contributed by atoms with van der Waals surface area (Å²) in [4.78, 5) is 12.5. The Morgan fingerprint density at radius 1 is 1.26 bits per heavy atom. The number of aryl methyl sites for hydroxylation is 3. The van der Waals surface area contributed by atoms with E-state index in [0.717, 1.165) is 36.3 Å². The summed E-state index contributed by atoms with van der Waals surface area (Å²) < 4.78 is 3.42. The van der Waals surface area contributed by atoms with Crippen LogP contribution in [0.1, 0.15) is 54.9 Å². The number of hydrogen-bond donors (Lipinski definition) is 0. The highest BCUT2D eigenvalue weighted by atomic mass is 16.1. The summed E-state index contributed by atoms with van der Waals surface area (Å²) in [6, 6.07) is 4.12. The van der Waals surface area contributed by atoms with Gasteiger partial charge in [-0.2, -0.15) is 15.5 Å². The summed E-state index contributed by atoms with van der Waals surface area (Å²) in [6.07, 6.45) is 4.72. The quantitative estimate of drug-likeness (QED) is 0.863. The van der Waals surface area contributed by atoms with E-state index in [-0.39, 0.29) is 11.1 Å². The van der Waals surface area contributed by atoms with Crippen LogP contribution in [0.15, 0.2) is 10.9 Å². The lowest BCUT2D eigenvalue weighted by atomic mass is 10.0. The smallest absolute Gasteiger partial charge is 0.269 e. The molecule has 6 nitrogen and oxygen atoms in total. The molecule has 2 aromatic rings. The van der Waals surface area contributed by atoms with Crippen molar-refractivity contribution in [3.63, 3.8) is 0 Å². The van der Waals surface area contributed by atoms with E-state index in [1.165, 1.54) is 16.8 Å². The predicted octanol–water partition coefficient (Wildman–Crippen LogP) is 1.82. The van der Waals surface area contributed by atoms with Crippen molar-refractivity contribution >= 4 is 0 Å². The standard InChI is InChI=1S/C17H21N5O/c1-3-14-15(10-18)17(23)22(20-16(14)4-2)11-12-9-13-7-5-6-8-21(13)19-12/h9H,3-8,11H2,1-2H3. The van der Waals surface area contributed by atoms with E-state index < -0.39 is 0 Å². The summed E-state index contributed by atoms with van der Waals surface area (Å²) in [5.74, 6) is 0. The second-order valence-electron chi connectivity index (χ2n) is 5.89. The lowest BCUT2D eigenvalue weighted by Gasteiger charge is -2.12. The van der Waals surface area contributed by atoms with Crippen molar-refractivity contribution in [3.05, 3.63) is 44.6 Å². The van der Waals surface area contributed by atoms with Crippen LogP contribution in [-0.4, -0.2) is 19.6 Å². The summed E-state index contributed by atoms with van der Waals surface area (Å²) in [6.45, 7) is 5.21. The van der Waals surface area contributed by atoms with Crippen molar-refractivity contribution in [1.82, 2.24) is 19.6 Å². The Hall–Kier alpha value is -2.42. The molecule has 6 heteroatoms. The van der Waals surface area contributed by atoms with Gasteiger partial charge in [0, 0.05) is 12.2 Å². The first-order chi connectivity index (χ1) is 11.2. The van der Waals surface area contributed by atoms with E-state index in [1.807, 2.05) is 18.5 Å². The minimum atomic E-state index is -0.312. The van der Waals surface area contributed by atoms with Gasteiger partial charge in [-0.15, -0.1) is 0 Å². The Kier molecular flexibility index (Phi) is 4.28. The Labute approximate surface area is 135 Å². The van der Waals surface area contributed by atoms with Gasteiger partial charge >= 0.3 is 0 Å². The minimum absolute atomic E-state index is 0.225. The molecule has 0 spiro atoms. The van der Waals surface area contributed by atoms with Crippen LogP contribution < -0.4 is 5.56 Å². The van der Waals surface area contributed by atoms with E-state index in [4.69, 9.17) is 0 Å². The summed E-state index contributed by atoms with van der Waals surface area (Å²) in [7, 11) is 0. The molecule has 0 unspecified atom stereocenters. The van der Waals surface area contributed by atoms with Crippen LogP contribution in [0.4, 0.5) is 0 Å². The number of aromatic nitrogens is 4. The van der Waals surface area contributed by atoms with Crippen LogP contribution in [0.5, 0.6) is 0 Å². The fourth-order valence-corrected chi connectivity index (χ4v) is 3.25. The fraction of sp³-hybridized carbons (Fsp3) is 0.529. The average Bonchev–Trinajstić information content (AvgIpc) is 2.98. The highest BCUT2D eigenvalue weighted by molar-refractivity contribution is 5.38. The molecule has 2 aromatic heterocycles. The lowest BCUT2D eigenvalue weighted by molar-refractivity contribution is 0.480. The molecule has 0 saturated carbocycles. The molecule has 0 aromatic carbocycles. The van der Waals surface area contributed by atoms with Crippen LogP contribution in [-0.2, 0) is 32.4 Å². The van der Waals surface area contributed by atoms with Crippen LogP contribution >= 0.6 is 0 Å². The maximum Gasteiger partial charge on any atom is 0.285 e. The third-order valence-corrected chi connectivity index (χ3v) is 4.42. The maximum absolute atomic E-state index is 12.5. The molecule has 0 atom stereocenters. The van der Waals surface area contributed by atoms with Gasteiger partial charge in [-0.1, -0.05) is 13.8 Å². The van der Waals surface area contributed by atoms with Crippen molar-refractivity contribution in [2.45, 2.75) is 59.0 Å². The van der Waals surface area contributed by atoms with Crippen LogP contribution in [0.2, 0.25) is 0 Å². The zero-order chi connectivity index (χ0) is 16.4. The fourth-order valence-electron chi connectivity index (χ4n) is 3.25. The van der Waals surface area contributed by atoms with Gasteiger partial charge in [-0.3, -0.25) is 9.48 Å². The first kappa shape index (κ1) is 15.5. The first-order valence-electron chi connectivity index (χ1n) is 8.26. The third-order valence-electron chi connectivity index (χ3n) is 4.42. The SMILES string of the molecule is CCc1nn(Cc2cc3n(n2)CCCC3)c(=O)c(C#N)c1CC. The largest absolute Gasteiger partial charge is 0.285 e. The zero-order valence-corrected chi connectivity index (χ0v) is 13.7. The van der Waals surface area contributed by atoms with Gasteiger partial charge in [0.25, 0.3) is 5.56 Å². The van der Waals surface area contributed by atoms with Gasteiger partial charge in [-0.05, 0) is 43.7 Å². The third kappa shape index (κ3) is 2.79. The molecule has 120 valence electrons. The van der Waals surface area contributed by atoms with Gasteiger partial charge in [-0.25, -0.2) is 4.68 Å². The number of hydrogen-bond acceptors (Lipinski definition) is 4. The monoisotopic (exact) mass is 311 g/mol. The van der Waals surface area contributed by atoms with E-state index in [9.17, 15) is 10.1 Å². The topological polar surface area (TPSA) is 76.5 Å². The molecule has 0 bridgehead atoms. The average molecular weight is 311 g/mol. The molecule has 0 saturated heterocycles. The van der Waals surface area contributed by atoms with E-state index in [1.54, 1.807) is 0 Å². The van der Waals surface area contributed by atoms with E-state index in [0.29, 0.717) is 19.4 Å². The van der Waals surface area contributed by atoms with Gasteiger partial charge < -0.3 is 0 Å². The van der Waals surface area contributed by atoms with Crippen molar-refractivity contribution in [1.29, 1.82) is 5.26 Å². The highest BCUT2D eigenvalue weighted by Crippen LogP contribution is 2.16. The Bertz CT molecular complexity index is 801. The second kappa shape index (κ2) is 6.37. The molecule has 0 radical (unpaired) electrons. The molecule has 1 aliphatic heterocycles. The van der Waals surface area contributed by atoms with Crippen LogP contribution in [0.3, 0.4) is 0 Å². The van der Waals surface area contributed by atoms with Gasteiger partial charge in [0.15, 0.2) is 0 Å². The molecular formula is C17H21N5O. The van der Waals surface area contributed by atoms with Crippen molar-refractivity contribution in [2.75, 3.05) is 0 Å². The predicted molar refractivity (Wildman–Crippen MR) is 86.2 cm³/mol. The second-order valence-corrected chi connectivity index (χ2v) is 5.89. The molecule has 3 rings (SSSR count). The Morgan fingerprint density at radius 2 is 2.09 bits per heavy atom. The van der Waals surface area contributed by atoms with Crippen molar-refractivity contribution in [3.8, 4) is 6.07 Å². The molecule has 0 N–H and O–H groups in total. The number of nitriles is 1. The number of nitrogens with zero attached hydrogens (tertiary/aromatic N) is 5. The van der Waals surface area contributed by atoms with Gasteiger partial charge in [0.1, 0.15) is 11.6 Å². The zero-order valence-electron chi connectivity index (χ0n) is 13.7. The summed E-state index contributed by atoms with van der Waals surface area (Å²) in [5, 5.41) is 18.4. The van der Waals surface area contributed by atoms with Crippen molar-refractivity contribution < 1.29 is 0 Å². The number of fused-ring (bicyclic) bond motifs is 1. The molecule has 23 heavy (non-hydrogen) atoms. The molecule has 1 aliphatic rings. The Balaban J connectivity index is 2.01. The van der Waals surface area contributed by atoms with Crippen molar-refractivity contribution in [2.24, 2.45) is 0 Å². The molecule has 0 fully saturated rings. The van der Waals surface area contributed by atoms with Crippen LogP contribution in [0.25, 0.3) is 0 Å². The summed E-state index contributed by atoms with van der Waals surface area (Å²) in [5.41, 5.74) is 3.58. The minimum Gasteiger partial charge on any atom is -0.269 e. The molecule has 0 aliphatic carbocycles. The van der Waals surface area contributed by atoms with E-state index in [2.05, 4.69) is 22.3 Å². The lowest BCUT2D eigenvalue weighted by Crippen LogP contribution is -2.29. The van der Waals surface area contributed by atoms with Gasteiger partial charge in [0.2, 0.25) is 0 Å². The molecule has 3 heterocycles.